The first-order valence-electron chi connectivity index (χ1n) is 7.60. The van der Waals surface area contributed by atoms with E-state index in [1.807, 2.05) is 30.3 Å². The number of thiophene rings is 1. The maximum Gasteiger partial charge on any atom is 0.350 e. The van der Waals surface area contributed by atoms with Gasteiger partial charge < -0.3 is 9.73 Å². The molecule has 1 N–H and O–H groups in total. The molecular weight excluding hydrogens is 372 g/mol. The summed E-state index contributed by atoms with van der Waals surface area (Å²) in [4.78, 5) is 16.8. The summed E-state index contributed by atoms with van der Waals surface area (Å²) in [5.74, 6) is 0. The van der Waals surface area contributed by atoms with Crippen molar-refractivity contribution in [3.63, 3.8) is 0 Å². The molecule has 0 aliphatic heterocycles. The van der Waals surface area contributed by atoms with Crippen molar-refractivity contribution in [3.8, 4) is 0 Å². The van der Waals surface area contributed by atoms with Crippen LogP contribution in [0.4, 0.5) is 11.4 Å². The minimum atomic E-state index is -3.99. The normalized spacial score (nSPS) is 11.5. The van der Waals surface area contributed by atoms with Gasteiger partial charge in [0, 0.05) is 11.1 Å². The van der Waals surface area contributed by atoms with Crippen LogP contribution < -0.4 is 10.9 Å². The Hall–Kier alpha value is -2.97. The maximum atomic E-state index is 12.6. The van der Waals surface area contributed by atoms with Gasteiger partial charge in [0.2, 0.25) is 0 Å². The fraction of sp³-hybridized carbons (Fsp3) is 0. The summed E-state index contributed by atoms with van der Waals surface area (Å²) in [5.41, 5.74) is 0.581. The molecule has 0 radical (unpaired) electrons. The zero-order valence-electron chi connectivity index (χ0n) is 13.2. The summed E-state index contributed by atoms with van der Waals surface area (Å²) < 4.78 is 30.3. The molecule has 26 heavy (non-hydrogen) atoms. The van der Waals surface area contributed by atoms with Crippen molar-refractivity contribution < 1.29 is 12.8 Å². The van der Waals surface area contributed by atoms with Crippen LogP contribution in [-0.4, -0.2) is 13.4 Å². The Kier molecular flexibility index (Phi) is 4.06. The molecule has 0 atom stereocenters. The molecule has 0 aliphatic rings. The van der Waals surface area contributed by atoms with E-state index >= 15 is 0 Å². The molecule has 0 spiro atoms. The highest BCUT2D eigenvalue weighted by Crippen LogP contribution is 2.30. The third kappa shape index (κ3) is 2.89. The van der Waals surface area contributed by atoms with E-state index in [9.17, 15) is 13.2 Å². The van der Waals surface area contributed by atoms with Crippen LogP contribution in [0.15, 0.2) is 85.4 Å². The summed E-state index contributed by atoms with van der Waals surface area (Å²) in [5, 5.41) is 4.45. The van der Waals surface area contributed by atoms with Crippen LogP contribution in [0.5, 0.6) is 0 Å². The van der Waals surface area contributed by atoms with Crippen molar-refractivity contribution in [3.05, 3.63) is 76.5 Å². The van der Waals surface area contributed by atoms with Gasteiger partial charge in [0.1, 0.15) is 10.2 Å². The third-order valence-corrected chi connectivity index (χ3v) is 6.08. The van der Waals surface area contributed by atoms with Crippen molar-refractivity contribution in [2.24, 2.45) is 0 Å². The third-order valence-electron chi connectivity index (χ3n) is 3.68. The Labute approximate surface area is 152 Å². The first-order chi connectivity index (χ1) is 12.6. The highest BCUT2D eigenvalue weighted by molar-refractivity contribution is 7.91. The fourth-order valence-electron chi connectivity index (χ4n) is 2.45. The Balaban J connectivity index is 1.81. The average Bonchev–Trinajstić information content (AvgIpc) is 3.06. The summed E-state index contributed by atoms with van der Waals surface area (Å²) in [7, 11) is -3.99. The van der Waals surface area contributed by atoms with Crippen LogP contribution in [-0.2, 0) is 9.84 Å². The van der Waals surface area contributed by atoms with Gasteiger partial charge in [-0.1, -0.05) is 36.4 Å². The summed E-state index contributed by atoms with van der Waals surface area (Å²) in [6.07, 6.45) is 0. The van der Waals surface area contributed by atoms with Gasteiger partial charge in [-0.3, -0.25) is 0 Å². The smallest absolute Gasteiger partial charge is 0.350 e. The zero-order valence-corrected chi connectivity index (χ0v) is 14.9. The van der Waals surface area contributed by atoms with E-state index in [4.69, 9.17) is 4.42 Å². The molecular formula is C18H12N2O4S2. The van der Waals surface area contributed by atoms with Crippen molar-refractivity contribution in [2.75, 3.05) is 5.32 Å². The monoisotopic (exact) mass is 384 g/mol. The maximum absolute atomic E-state index is 12.6. The Morgan fingerprint density at radius 3 is 2.31 bits per heavy atom. The van der Waals surface area contributed by atoms with E-state index in [1.54, 1.807) is 23.6 Å². The molecule has 0 aliphatic carbocycles. The number of anilines is 2. The molecule has 6 nitrogen and oxygen atoms in total. The first-order valence-corrected chi connectivity index (χ1v) is 9.96. The number of aromatic nitrogens is 1. The van der Waals surface area contributed by atoms with Crippen molar-refractivity contribution >= 4 is 42.8 Å². The van der Waals surface area contributed by atoms with Crippen LogP contribution in [0.1, 0.15) is 0 Å². The fourth-order valence-corrected chi connectivity index (χ4v) is 4.47. The number of para-hydroxylation sites is 1. The Bertz CT molecular complexity index is 1230. The molecule has 130 valence electrons. The van der Waals surface area contributed by atoms with E-state index in [1.165, 1.54) is 23.5 Å². The Morgan fingerprint density at radius 1 is 0.962 bits per heavy atom. The van der Waals surface area contributed by atoms with Gasteiger partial charge in [0.25, 0.3) is 9.84 Å². The number of hydrogen-bond donors (Lipinski definition) is 1. The molecule has 0 unspecified atom stereocenters. The average molecular weight is 384 g/mol. The van der Waals surface area contributed by atoms with Gasteiger partial charge in [-0.05, 0) is 24.3 Å². The highest BCUT2D eigenvalue weighted by Gasteiger charge is 2.25. The quantitative estimate of drug-likeness (QED) is 0.575. The second-order valence-corrected chi connectivity index (χ2v) is 8.09. The number of nitrogens with one attached hydrogen (secondary N) is 1. The van der Waals surface area contributed by atoms with Crippen LogP contribution in [0.3, 0.4) is 0 Å². The second-order valence-electron chi connectivity index (χ2n) is 5.40. The van der Waals surface area contributed by atoms with Crippen molar-refractivity contribution in [1.82, 2.24) is 4.98 Å². The lowest BCUT2D eigenvalue weighted by Crippen LogP contribution is -2.10. The lowest BCUT2D eigenvalue weighted by atomic mass is 10.3. The molecule has 2 aromatic heterocycles. The molecule has 0 saturated heterocycles. The van der Waals surface area contributed by atoms with Gasteiger partial charge in [-0.15, -0.1) is 11.3 Å². The Morgan fingerprint density at radius 2 is 1.62 bits per heavy atom. The molecule has 4 rings (SSSR count). The molecule has 2 aromatic carbocycles. The van der Waals surface area contributed by atoms with Crippen LogP contribution in [0.25, 0.3) is 10.2 Å². The van der Waals surface area contributed by atoms with Gasteiger partial charge in [-0.2, -0.15) is 4.98 Å². The number of sulfone groups is 1. The van der Waals surface area contributed by atoms with Gasteiger partial charge in [-0.25, -0.2) is 13.2 Å². The number of nitrogens with zero attached hydrogens (tertiary/aromatic N) is 1. The summed E-state index contributed by atoms with van der Waals surface area (Å²) >= 11 is 1.17. The van der Waals surface area contributed by atoms with Gasteiger partial charge in [0.05, 0.1) is 10.6 Å². The van der Waals surface area contributed by atoms with Crippen molar-refractivity contribution in [1.29, 1.82) is 0 Å². The van der Waals surface area contributed by atoms with E-state index in [-0.39, 0.29) is 10.3 Å². The molecule has 0 bridgehead atoms. The summed E-state index contributed by atoms with van der Waals surface area (Å²) in [6.45, 7) is 0. The molecule has 0 saturated carbocycles. The van der Waals surface area contributed by atoms with Crippen LogP contribution in [0.2, 0.25) is 0 Å². The standard InChI is InChI=1S/C18H12N2O4S2/c21-17-15-14(19-12-7-3-1-4-8-12)11-25-16(15)20-18(24-17)26(22,23)13-9-5-2-6-10-13/h1-11,19H. The van der Waals surface area contributed by atoms with E-state index < -0.39 is 20.7 Å². The van der Waals surface area contributed by atoms with Crippen LogP contribution >= 0.6 is 11.3 Å². The van der Waals surface area contributed by atoms with Crippen molar-refractivity contribution in [2.45, 2.75) is 10.1 Å². The highest BCUT2D eigenvalue weighted by atomic mass is 32.2. The molecule has 0 amide bonds. The van der Waals surface area contributed by atoms with E-state index in [0.29, 0.717) is 10.5 Å². The predicted molar refractivity (Wildman–Crippen MR) is 99.8 cm³/mol. The lowest BCUT2D eigenvalue weighted by molar-refractivity contribution is 0.384. The largest absolute Gasteiger partial charge is 0.393 e. The number of rotatable bonds is 4. The zero-order chi connectivity index (χ0) is 18.1. The SMILES string of the molecule is O=c1oc(S(=O)(=O)c2ccccc2)nc2scc(Nc3ccccc3)c12. The molecule has 4 aromatic rings. The minimum Gasteiger partial charge on any atom is -0.393 e. The topological polar surface area (TPSA) is 89.3 Å². The molecule has 8 heteroatoms. The first kappa shape index (κ1) is 16.5. The number of hydrogen-bond acceptors (Lipinski definition) is 7. The van der Waals surface area contributed by atoms with Gasteiger partial charge >= 0.3 is 10.8 Å². The minimum absolute atomic E-state index is 0.0224. The number of benzene rings is 2. The van der Waals surface area contributed by atoms with Gasteiger partial charge in [0.15, 0.2) is 0 Å². The molecule has 2 heterocycles. The number of fused-ring (bicyclic) bond motifs is 1. The molecule has 0 fully saturated rings. The van der Waals surface area contributed by atoms with E-state index in [2.05, 4.69) is 10.3 Å². The lowest BCUT2D eigenvalue weighted by Gasteiger charge is -2.04. The van der Waals surface area contributed by atoms with Crippen LogP contribution in [0, 0.1) is 0 Å². The predicted octanol–water partition coefficient (Wildman–Crippen LogP) is 3.83. The van der Waals surface area contributed by atoms with E-state index in [0.717, 1.165) is 5.69 Å². The second kappa shape index (κ2) is 6.40. The summed E-state index contributed by atoms with van der Waals surface area (Å²) in [6, 6.07) is 17.1.